The average molecular weight is 338 g/mol. The fourth-order valence-corrected chi connectivity index (χ4v) is 3.45. The number of thiophene rings is 1. The third-order valence-corrected chi connectivity index (χ3v) is 4.90. The number of nitrogen functional groups attached to an aromatic ring is 1. The minimum atomic E-state index is 0.476. The van der Waals surface area contributed by atoms with Crippen molar-refractivity contribution in [2.45, 2.75) is 17.6 Å². The van der Waals surface area contributed by atoms with Gasteiger partial charge in [-0.15, -0.1) is 23.1 Å². The molecule has 1 aromatic carbocycles. The van der Waals surface area contributed by atoms with E-state index in [1.54, 1.807) is 11.8 Å². The number of thioether (sulfide) groups is 1. The highest BCUT2D eigenvalue weighted by Crippen LogP contribution is 2.33. The fourth-order valence-electron chi connectivity index (χ4n) is 1.80. The standard InChI is InChI=1S/C14H12ClN3OS2/c1-8-6-11(13(16)21-8)14-17-12(18-19-14)7-20-10-4-2-9(15)3-5-10/h2-6H,7,16H2,1H3. The van der Waals surface area contributed by atoms with Gasteiger partial charge in [-0.1, -0.05) is 16.8 Å². The summed E-state index contributed by atoms with van der Waals surface area (Å²) in [5.41, 5.74) is 6.75. The Morgan fingerprint density at radius 3 is 2.76 bits per heavy atom. The summed E-state index contributed by atoms with van der Waals surface area (Å²) < 4.78 is 5.28. The maximum atomic E-state index is 5.93. The number of halogens is 1. The van der Waals surface area contributed by atoms with Gasteiger partial charge >= 0.3 is 0 Å². The topological polar surface area (TPSA) is 64.9 Å². The molecule has 0 bridgehead atoms. The second kappa shape index (κ2) is 6.09. The van der Waals surface area contributed by atoms with Crippen molar-refractivity contribution in [1.29, 1.82) is 0 Å². The highest BCUT2D eigenvalue weighted by molar-refractivity contribution is 7.98. The Bertz CT molecular complexity index is 752. The number of anilines is 1. The van der Waals surface area contributed by atoms with Gasteiger partial charge in [-0.3, -0.25) is 0 Å². The van der Waals surface area contributed by atoms with Crippen LogP contribution in [0.25, 0.3) is 11.5 Å². The summed E-state index contributed by atoms with van der Waals surface area (Å²) >= 11 is 9.00. The molecule has 0 aliphatic carbocycles. The second-order valence-corrected chi connectivity index (χ2v) is 7.17. The smallest absolute Gasteiger partial charge is 0.260 e. The number of aromatic nitrogens is 2. The van der Waals surface area contributed by atoms with Crippen LogP contribution in [0, 0.1) is 6.92 Å². The molecule has 0 aliphatic heterocycles. The van der Waals surface area contributed by atoms with Crippen LogP contribution in [0.4, 0.5) is 5.00 Å². The van der Waals surface area contributed by atoms with Gasteiger partial charge < -0.3 is 10.3 Å². The fraction of sp³-hybridized carbons (Fsp3) is 0.143. The molecule has 0 amide bonds. The molecule has 21 heavy (non-hydrogen) atoms. The Labute approximate surface area is 135 Å². The van der Waals surface area contributed by atoms with Crippen LogP contribution in [0.3, 0.4) is 0 Å². The molecule has 7 heteroatoms. The van der Waals surface area contributed by atoms with Crippen LogP contribution >= 0.6 is 34.7 Å². The molecule has 0 unspecified atom stereocenters. The normalized spacial score (nSPS) is 11.0. The van der Waals surface area contributed by atoms with Gasteiger partial charge in [-0.2, -0.15) is 4.98 Å². The molecule has 0 aliphatic rings. The van der Waals surface area contributed by atoms with E-state index in [2.05, 4.69) is 10.1 Å². The largest absolute Gasteiger partial charge is 0.390 e. The van der Waals surface area contributed by atoms with E-state index >= 15 is 0 Å². The van der Waals surface area contributed by atoms with Crippen molar-refractivity contribution >= 4 is 39.7 Å². The molecule has 3 aromatic rings. The number of benzene rings is 1. The maximum absolute atomic E-state index is 5.93. The van der Waals surface area contributed by atoms with E-state index in [0.29, 0.717) is 22.5 Å². The van der Waals surface area contributed by atoms with Crippen LogP contribution in [0.15, 0.2) is 39.8 Å². The molecule has 108 valence electrons. The number of nitrogens with two attached hydrogens (primary N) is 1. The van der Waals surface area contributed by atoms with Crippen LogP contribution in [-0.2, 0) is 5.75 Å². The van der Waals surface area contributed by atoms with Gasteiger partial charge in [0.1, 0.15) is 0 Å². The van der Waals surface area contributed by atoms with Crippen molar-refractivity contribution in [2.75, 3.05) is 5.73 Å². The van der Waals surface area contributed by atoms with Crippen molar-refractivity contribution in [3.8, 4) is 11.5 Å². The summed E-state index contributed by atoms with van der Waals surface area (Å²) in [6.07, 6.45) is 0. The molecule has 2 N–H and O–H groups in total. The molecule has 0 radical (unpaired) electrons. The van der Waals surface area contributed by atoms with Gasteiger partial charge in [-0.25, -0.2) is 0 Å². The first-order valence-corrected chi connectivity index (χ1v) is 8.37. The predicted molar refractivity (Wildman–Crippen MR) is 87.8 cm³/mol. The summed E-state index contributed by atoms with van der Waals surface area (Å²) in [4.78, 5) is 6.62. The van der Waals surface area contributed by atoms with Crippen LogP contribution in [0.1, 0.15) is 10.7 Å². The molecule has 0 spiro atoms. The number of hydrogen-bond acceptors (Lipinski definition) is 6. The Hall–Kier alpha value is -1.50. The molecule has 3 rings (SSSR count). The molecule has 0 saturated heterocycles. The van der Waals surface area contributed by atoms with Crippen molar-refractivity contribution in [2.24, 2.45) is 0 Å². The van der Waals surface area contributed by atoms with E-state index in [4.69, 9.17) is 21.9 Å². The summed E-state index contributed by atoms with van der Waals surface area (Å²) in [6, 6.07) is 9.62. The van der Waals surface area contributed by atoms with Crippen LogP contribution < -0.4 is 5.73 Å². The van der Waals surface area contributed by atoms with Crippen LogP contribution in [-0.4, -0.2) is 10.1 Å². The molecular weight excluding hydrogens is 326 g/mol. The first-order valence-electron chi connectivity index (χ1n) is 6.19. The first-order chi connectivity index (χ1) is 10.1. The zero-order valence-electron chi connectivity index (χ0n) is 11.2. The molecule has 0 fully saturated rings. The highest BCUT2D eigenvalue weighted by Gasteiger charge is 2.14. The van der Waals surface area contributed by atoms with E-state index in [-0.39, 0.29) is 0 Å². The van der Waals surface area contributed by atoms with Gasteiger partial charge in [0.05, 0.1) is 16.3 Å². The predicted octanol–water partition coefficient (Wildman–Crippen LogP) is 4.63. The molecule has 2 aromatic heterocycles. The lowest BCUT2D eigenvalue weighted by molar-refractivity contribution is 0.425. The highest BCUT2D eigenvalue weighted by atomic mass is 35.5. The van der Waals surface area contributed by atoms with E-state index in [9.17, 15) is 0 Å². The van der Waals surface area contributed by atoms with Crippen LogP contribution in [0.5, 0.6) is 0 Å². The third-order valence-electron chi connectivity index (χ3n) is 2.76. The second-order valence-electron chi connectivity index (χ2n) is 4.39. The molecule has 0 atom stereocenters. The molecule has 2 heterocycles. The first kappa shape index (κ1) is 14.4. The third kappa shape index (κ3) is 3.40. The number of rotatable bonds is 4. The summed E-state index contributed by atoms with van der Waals surface area (Å²) in [7, 11) is 0. The SMILES string of the molecule is Cc1cc(-c2nc(CSc3ccc(Cl)cc3)no2)c(N)s1. The zero-order valence-corrected chi connectivity index (χ0v) is 13.6. The Balaban J connectivity index is 1.70. The Kier molecular flexibility index (Phi) is 4.19. The summed E-state index contributed by atoms with van der Waals surface area (Å²) in [6.45, 7) is 2.00. The lowest BCUT2D eigenvalue weighted by Crippen LogP contribution is -1.86. The van der Waals surface area contributed by atoms with E-state index < -0.39 is 0 Å². The monoisotopic (exact) mass is 337 g/mol. The van der Waals surface area contributed by atoms with Gasteiger partial charge in [-0.05, 0) is 37.3 Å². The summed E-state index contributed by atoms with van der Waals surface area (Å²) in [5, 5.41) is 5.42. The van der Waals surface area contributed by atoms with Gasteiger partial charge in [0.2, 0.25) is 0 Å². The Morgan fingerprint density at radius 1 is 1.33 bits per heavy atom. The number of nitrogens with zero attached hydrogens (tertiary/aromatic N) is 2. The number of hydrogen-bond donors (Lipinski definition) is 1. The quantitative estimate of drug-likeness (QED) is 0.703. The van der Waals surface area contributed by atoms with Gasteiger partial charge in [0.25, 0.3) is 5.89 Å². The number of aryl methyl sites for hydroxylation is 1. The van der Waals surface area contributed by atoms with Crippen molar-refractivity contribution in [3.05, 3.63) is 46.1 Å². The molecular formula is C14H12ClN3OS2. The Morgan fingerprint density at radius 2 is 2.10 bits per heavy atom. The van der Waals surface area contributed by atoms with Crippen LogP contribution in [0.2, 0.25) is 5.02 Å². The van der Waals surface area contributed by atoms with Gasteiger partial charge in [0, 0.05) is 14.8 Å². The van der Waals surface area contributed by atoms with E-state index in [1.807, 2.05) is 37.3 Å². The zero-order chi connectivity index (χ0) is 14.8. The minimum Gasteiger partial charge on any atom is -0.390 e. The maximum Gasteiger partial charge on any atom is 0.260 e. The van der Waals surface area contributed by atoms with E-state index in [1.165, 1.54) is 11.3 Å². The molecule has 4 nitrogen and oxygen atoms in total. The van der Waals surface area contributed by atoms with Crippen molar-refractivity contribution in [3.63, 3.8) is 0 Å². The summed E-state index contributed by atoms with van der Waals surface area (Å²) in [5.74, 6) is 1.76. The lowest BCUT2D eigenvalue weighted by atomic mass is 10.3. The van der Waals surface area contributed by atoms with Crippen molar-refractivity contribution in [1.82, 2.24) is 10.1 Å². The van der Waals surface area contributed by atoms with Gasteiger partial charge in [0.15, 0.2) is 5.82 Å². The minimum absolute atomic E-state index is 0.476. The average Bonchev–Trinajstić information content (AvgIpc) is 3.04. The molecule has 0 saturated carbocycles. The van der Waals surface area contributed by atoms with E-state index in [0.717, 1.165) is 20.4 Å². The lowest BCUT2D eigenvalue weighted by Gasteiger charge is -1.97. The van der Waals surface area contributed by atoms with Crippen molar-refractivity contribution < 1.29 is 4.52 Å².